The highest BCUT2D eigenvalue weighted by Gasteiger charge is 2.07. The normalized spacial score (nSPS) is 11.4. The molecule has 0 aliphatic heterocycles. The first-order valence-corrected chi connectivity index (χ1v) is 7.73. The third-order valence-corrected chi connectivity index (χ3v) is 4.04. The summed E-state index contributed by atoms with van der Waals surface area (Å²) >= 11 is 0. The van der Waals surface area contributed by atoms with Crippen molar-refractivity contribution in [2.75, 3.05) is 0 Å². The van der Waals surface area contributed by atoms with Gasteiger partial charge in [0, 0.05) is 0 Å². The van der Waals surface area contributed by atoms with Crippen LogP contribution in [0.3, 0.4) is 0 Å². The fourth-order valence-electron chi connectivity index (χ4n) is 2.09. The smallest absolute Gasteiger partial charge is 0.247 e. The predicted molar refractivity (Wildman–Crippen MR) is 73.0 cm³/mol. The largest absolute Gasteiger partial charge is 0.317 e. The van der Waals surface area contributed by atoms with E-state index >= 15 is 0 Å². The lowest BCUT2D eigenvalue weighted by Gasteiger charge is -2.12. The van der Waals surface area contributed by atoms with Crippen LogP contribution in [0.25, 0.3) is 0 Å². The van der Waals surface area contributed by atoms with E-state index < -0.39 is 9.85 Å². The summed E-state index contributed by atoms with van der Waals surface area (Å²) < 4.78 is 13.1. The van der Waals surface area contributed by atoms with Gasteiger partial charge < -0.3 is 4.11 Å². The van der Waals surface area contributed by atoms with Gasteiger partial charge in [-0.05, 0) is 42.0 Å². The lowest BCUT2D eigenvalue weighted by atomic mass is 9.98. The Morgan fingerprint density at radius 2 is 1.75 bits per heavy atom. The summed E-state index contributed by atoms with van der Waals surface area (Å²) in [6.45, 7) is 4.40. The summed E-state index contributed by atoms with van der Waals surface area (Å²) in [5.41, 5.74) is 2.74. The van der Waals surface area contributed by atoms with Crippen LogP contribution in [-0.2, 0) is 12.8 Å². The van der Waals surface area contributed by atoms with Gasteiger partial charge in [0.15, 0.2) is 0 Å². The molecule has 2 heteroatoms. The second-order valence-corrected chi connectivity index (χ2v) is 5.42. The molecule has 0 amide bonds. The maximum absolute atomic E-state index is 13.1. The zero-order chi connectivity index (χ0) is 11.8. The highest BCUT2D eigenvalue weighted by molar-refractivity contribution is 6.47. The van der Waals surface area contributed by atoms with Gasteiger partial charge in [0.1, 0.15) is 0 Å². The molecule has 1 aromatic rings. The van der Waals surface area contributed by atoms with E-state index in [0.717, 1.165) is 18.0 Å². The molecule has 0 fully saturated rings. The van der Waals surface area contributed by atoms with Crippen molar-refractivity contribution in [3.8, 4) is 0 Å². The molecule has 0 bridgehead atoms. The molecule has 0 atom stereocenters. The number of benzene rings is 1. The van der Waals surface area contributed by atoms with Gasteiger partial charge in [0.25, 0.3) is 0 Å². The fraction of sp³-hybridized carbons (Fsp3) is 0.571. The number of hydrogen-bond acceptors (Lipinski definition) is 0. The lowest BCUT2D eigenvalue weighted by molar-refractivity contribution is 0.759. The molecule has 0 aliphatic rings. The Hall–Kier alpha value is -0.633. The Labute approximate surface area is 101 Å². The second-order valence-electron chi connectivity index (χ2n) is 4.40. The zero-order valence-electron chi connectivity index (χ0n) is 10.6. The third-order valence-electron chi connectivity index (χ3n) is 3.09. The molecule has 90 valence electrons. The molecule has 0 nitrogen and oxygen atoms in total. The monoisotopic (exact) mass is 238 g/mol. The standard InChI is InChI=1S/C14H23FSi/c1-3-5-8-12-9-7-11-14(16-15)13(12)10-6-4-2/h7,9,11H,3-6,8,10,16H2,1-2H3. The van der Waals surface area contributed by atoms with Crippen LogP contribution in [-0.4, -0.2) is 9.85 Å². The topological polar surface area (TPSA) is 0 Å². The molecule has 0 saturated carbocycles. The molecular weight excluding hydrogens is 215 g/mol. The molecule has 1 aromatic carbocycles. The van der Waals surface area contributed by atoms with Gasteiger partial charge in [0.05, 0.1) is 0 Å². The van der Waals surface area contributed by atoms with Crippen LogP contribution in [0.5, 0.6) is 0 Å². The van der Waals surface area contributed by atoms with Crippen LogP contribution >= 0.6 is 0 Å². The number of aryl methyl sites for hydroxylation is 1. The summed E-state index contributed by atoms with van der Waals surface area (Å²) in [7, 11) is -1.51. The van der Waals surface area contributed by atoms with Crippen LogP contribution in [0, 0.1) is 0 Å². The van der Waals surface area contributed by atoms with E-state index in [-0.39, 0.29) is 0 Å². The molecule has 0 aliphatic carbocycles. The number of unbranched alkanes of at least 4 members (excludes halogenated alkanes) is 2. The van der Waals surface area contributed by atoms with Crippen LogP contribution in [0.1, 0.15) is 50.7 Å². The van der Waals surface area contributed by atoms with Crippen LogP contribution in [0.15, 0.2) is 18.2 Å². The van der Waals surface area contributed by atoms with E-state index in [1.807, 2.05) is 12.1 Å². The van der Waals surface area contributed by atoms with Crippen molar-refractivity contribution < 1.29 is 4.11 Å². The van der Waals surface area contributed by atoms with Crippen LogP contribution < -0.4 is 5.19 Å². The molecule has 0 N–H and O–H groups in total. The quantitative estimate of drug-likeness (QED) is 0.506. The maximum atomic E-state index is 13.1. The van der Waals surface area contributed by atoms with Crippen molar-refractivity contribution in [1.82, 2.24) is 0 Å². The third kappa shape index (κ3) is 3.74. The van der Waals surface area contributed by atoms with Gasteiger partial charge in [-0.15, -0.1) is 0 Å². The van der Waals surface area contributed by atoms with Gasteiger partial charge in [0.2, 0.25) is 9.85 Å². The summed E-state index contributed by atoms with van der Waals surface area (Å²) in [6, 6.07) is 6.21. The average molecular weight is 238 g/mol. The zero-order valence-corrected chi connectivity index (χ0v) is 12.0. The molecule has 1 rings (SSSR count). The van der Waals surface area contributed by atoms with Gasteiger partial charge in [-0.2, -0.15) is 0 Å². The van der Waals surface area contributed by atoms with E-state index in [2.05, 4.69) is 19.9 Å². The van der Waals surface area contributed by atoms with E-state index in [1.165, 1.54) is 36.8 Å². The first-order valence-electron chi connectivity index (χ1n) is 6.49. The maximum Gasteiger partial charge on any atom is 0.247 e. The molecule has 0 unspecified atom stereocenters. The van der Waals surface area contributed by atoms with Gasteiger partial charge in [-0.25, -0.2) is 0 Å². The van der Waals surface area contributed by atoms with Crippen LogP contribution in [0.2, 0.25) is 0 Å². The molecule has 0 saturated heterocycles. The Bertz CT molecular complexity index is 310. The van der Waals surface area contributed by atoms with Crippen molar-refractivity contribution in [2.45, 2.75) is 52.4 Å². The molecule has 16 heavy (non-hydrogen) atoms. The molecule has 0 aromatic heterocycles. The Morgan fingerprint density at radius 1 is 1.06 bits per heavy atom. The van der Waals surface area contributed by atoms with Crippen molar-refractivity contribution in [3.63, 3.8) is 0 Å². The Kier molecular flexibility index (Phi) is 6.39. The number of rotatable bonds is 7. The van der Waals surface area contributed by atoms with Gasteiger partial charge in [-0.1, -0.05) is 44.9 Å². The minimum Gasteiger partial charge on any atom is -0.317 e. The van der Waals surface area contributed by atoms with Crippen molar-refractivity contribution in [2.24, 2.45) is 0 Å². The summed E-state index contributed by atoms with van der Waals surface area (Å²) in [5.74, 6) is 0. The SMILES string of the molecule is CCCCc1cccc([SiH2]F)c1CCCC. The second kappa shape index (κ2) is 7.61. The summed E-state index contributed by atoms with van der Waals surface area (Å²) in [6.07, 6.45) is 7.00. The van der Waals surface area contributed by atoms with E-state index in [1.54, 1.807) is 0 Å². The minimum atomic E-state index is -1.51. The Morgan fingerprint density at radius 3 is 2.38 bits per heavy atom. The van der Waals surface area contributed by atoms with Crippen molar-refractivity contribution >= 4 is 15.0 Å². The van der Waals surface area contributed by atoms with Gasteiger partial charge >= 0.3 is 0 Å². The lowest BCUT2D eigenvalue weighted by Crippen LogP contribution is -2.18. The molecular formula is C14H23FSi. The Balaban J connectivity index is 2.86. The summed E-state index contributed by atoms with van der Waals surface area (Å²) in [5, 5.41) is 1.04. The van der Waals surface area contributed by atoms with E-state index in [9.17, 15) is 4.11 Å². The number of halogens is 1. The highest BCUT2D eigenvalue weighted by atomic mass is 28.3. The van der Waals surface area contributed by atoms with Crippen molar-refractivity contribution in [1.29, 1.82) is 0 Å². The minimum absolute atomic E-state index is 1.04. The summed E-state index contributed by atoms with van der Waals surface area (Å²) in [4.78, 5) is 0. The molecule has 0 spiro atoms. The van der Waals surface area contributed by atoms with Crippen molar-refractivity contribution in [3.05, 3.63) is 29.3 Å². The van der Waals surface area contributed by atoms with E-state index in [4.69, 9.17) is 0 Å². The predicted octanol–water partition coefficient (Wildman–Crippen LogP) is 3.05. The first kappa shape index (κ1) is 13.4. The highest BCUT2D eigenvalue weighted by Crippen LogP contribution is 2.13. The molecule has 0 radical (unpaired) electrons. The van der Waals surface area contributed by atoms with Crippen LogP contribution in [0.4, 0.5) is 4.11 Å². The average Bonchev–Trinajstić information content (AvgIpc) is 2.33. The molecule has 0 heterocycles. The van der Waals surface area contributed by atoms with E-state index in [0.29, 0.717) is 0 Å². The first-order chi connectivity index (χ1) is 7.83. The van der Waals surface area contributed by atoms with Gasteiger partial charge in [-0.3, -0.25) is 0 Å². The fourth-order valence-corrected chi connectivity index (χ4v) is 2.88. The number of hydrogen-bond donors (Lipinski definition) is 0.